The third-order valence-corrected chi connectivity index (χ3v) is 3.66. The molecule has 96 valence electrons. The summed E-state index contributed by atoms with van der Waals surface area (Å²) in [5, 5.41) is 9.98. The molecule has 18 heavy (non-hydrogen) atoms. The smallest absolute Gasteiger partial charge is 0.289 e. The molecule has 1 N–H and O–H groups in total. The highest BCUT2D eigenvalue weighted by Crippen LogP contribution is 2.36. The summed E-state index contributed by atoms with van der Waals surface area (Å²) in [7, 11) is 0. The summed E-state index contributed by atoms with van der Waals surface area (Å²) in [6, 6.07) is 8.48. The lowest BCUT2D eigenvalue weighted by atomic mass is 9.90. The van der Waals surface area contributed by atoms with Crippen molar-refractivity contribution in [1.82, 2.24) is 4.90 Å². The van der Waals surface area contributed by atoms with Crippen LogP contribution in [-0.2, 0) is 4.79 Å². The van der Waals surface area contributed by atoms with Gasteiger partial charge in [-0.05, 0) is 19.4 Å². The Morgan fingerprint density at radius 1 is 1.28 bits per heavy atom. The first-order chi connectivity index (χ1) is 8.41. The first-order valence-electron chi connectivity index (χ1n) is 5.67. The van der Waals surface area contributed by atoms with Crippen molar-refractivity contribution >= 4 is 22.9 Å². The molecule has 1 aliphatic heterocycles. The summed E-state index contributed by atoms with van der Waals surface area (Å²) in [5.41, 5.74) is -0.424. The molecule has 2 amide bonds. The molecular formula is C13H15NO3S. The van der Waals surface area contributed by atoms with Gasteiger partial charge in [-0.2, -0.15) is 0 Å². The molecule has 1 aliphatic rings. The minimum atomic E-state index is -1.18. The number of aliphatic hydroxyl groups is 1. The number of hydrogen-bond acceptors (Lipinski definition) is 4. The molecule has 1 fully saturated rings. The van der Waals surface area contributed by atoms with Crippen LogP contribution < -0.4 is 0 Å². The van der Waals surface area contributed by atoms with Gasteiger partial charge < -0.3 is 5.11 Å². The third-order valence-electron chi connectivity index (χ3n) is 2.83. The van der Waals surface area contributed by atoms with E-state index in [1.807, 2.05) is 30.3 Å². The van der Waals surface area contributed by atoms with Crippen molar-refractivity contribution < 1.29 is 14.7 Å². The van der Waals surface area contributed by atoms with Gasteiger partial charge in [0.2, 0.25) is 5.91 Å². The summed E-state index contributed by atoms with van der Waals surface area (Å²) in [5.74, 6) is -0.0981. The number of carbonyl (C=O) groups is 2. The van der Waals surface area contributed by atoms with Gasteiger partial charge in [-0.3, -0.25) is 14.5 Å². The van der Waals surface area contributed by atoms with Gasteiger partial charge >= 0.3 is 0 Å². The van der Waals surface area contributed by atoms with Crippen molar-refractivity contribution in [2.24, 2.45) is 0 Å². The fourth-order valence-corrected chi connectivity index (χ4v) is 2.85. The largest absolute Gasteiger partial charge is 0.388 e. The van der Waals surface area contributed by atoms with Gasteiger partial charge in [-0.15, -0.1) is 0 Å². The van der Waals surface area contributed by atoms with Crippen LogP contribution in [0, 0.1) is 0 Å². The van der Waals surface area contributed by atoms with Gasteiger partial charge in [0.15, 0.2) is 0 Å². The van der Waals surface area contributed by atoms with Crippen molar-refractivity contribution in [3.63, 3.8) is 0 Å². The molecule has 1 aromatic rings. The predicted octanol–water partition coefficient (Wildman–Crippen LogP) is 2.19. The number of rotatable bonds is 3. The zero-order valence-electron chi connectivity index (χ0n) is 10.3. The van der Waals surface area contributed by atoms with Crippen molar-refractivity contribution in [3.05, 3.63) is 35.9 Å². The lowest BCUT2D eigenvalue weighted by molar-refractivity contribution is -0.130. The van der Waals surface area contributed by atoms with E-state index in [-0.39, 0.29) is 16.9 Å². The summed E-state index contributed by atoms with van der Waals surface area (Å²) in [6.07, 6.45) is 0. The van der Waals surface area contributed by atoms with Crippen LogP contribution in [0.5, 0.6) is 0 Å². The molecule has 1 heterocycles. The SMILES string of the molecule is CC(C)(O)[C@@H](c1ccccc1)N1C(=O)CSC1=O. The average Bonchev–Trinajstić information content (AvgIpc) is 2.61. The Balaban J connectivity index is 2.44. The highest BCUT2D eigenvalue weighted by atomic mass is 32.2. The normalized spacial score (nSPS) is 18.3. The molecule has 0 radical (unpaired) electrons. The first kappa shape index (κ1) is 13.1. The maximum atomic E-state index is 11.8. The Labute approximate surface area is 110 Å². The van der Waals surface area contributed by atoms with Crippen LogP contribution in [0.1, 0.15) is 25.5 Å². The third kappa shape index (κ3) is 2.42. The molecule has 5 heteroatoms. The van der Waals surface area contributed by atoms with Crippen LogP contribution in [0.4, 0.5) is 4.79 Å². The van der Waals surface area contributed by atoms with E-state index in [2.05, 4.69) is 0 Å². The minimum absolute atomic E-state index is 0.151. The number of benzene rings is 1. The van der Waals surface area contributed by atoms with E-state index in [0.717, 1.165) is 17.3 Å². The quantitative estimate of drug-likeness (QED) is 0.910. The van der Waals surface area contributed by atoms with Crippen molar-refractivity contribution in [3.8, 4) is 0 Å². The number of thioether (sulfide) groups is 1. The number of nitrogens with zero attached hydrogens (tertiary/aromatic N) is 1. The molecule has 0 saturated carbocycles. The molecule has 0 aromatic heterocycles. The Hall–Kier alpha value is -1.33. The van der Waals surface area contributed by atoms with Crippen LogP contribution in [0.25, 0.3) is 0 Å². The second-order valence-corrected chi connectivity index (χ2v) is 5.71. The minimum Gasteiger partial charge on any atom is -0.388 e. The Morgan fingerprint density at radius 2 is 1.89 bits per heavy atom. The first-order valence-corrected chi connectivity index (χ1v) is 6.66. The van der Waals surface area contributed by atoms with Crippen molar-refractivity contribution in [2.45, 2.75) is 25.5 Å². The van der Waals surface area contributed by atoms with Crippen molar-refractivity contribution in [1.29, 1.82) is 0 Å². The number of imide groups is 1. The highest BCUT2D eigenvalue weighted by Gasteiger charge is 2.43. The highest BCUT2D eigenvalue weighted by molar-refractivity contribution is 8.14. The predicted molar refractivity (Wildman–Crippen MR) is 70.2 cm³/mol. The van der Waals surface area contributed by atoms with Gasteiger partial charge in [-0.25, -0.2) is 0 Å². The number of amides is 2. The fraction of sp³-hybridized carbons (Fsp3) is 0.385. The van der Waals surface area contributed by atoms with Crippen LogP contribution in [-0.4, -0.2) is 32.5 Å². The van der Waals surface area contributed by atoms with E-state index < -0.39 is 11.6 Å². The molecule has 2 rings (SSSR count). The fourth-order valence-electron chi connectivity index (χ4n) is 2.12. The van der Waals surface area contributed by atoms with Gasteiger partial charge in [0.25, 0.3) is 5.24 Å². The lowest BCUT2D eigenvalue weighted by Crippen LogP contribution is -2.44. The topological polar surface area (TPSA) is 57.6 Å². The van der Waals surface area contributed by atoms with E-state index in [1.54, 1.807) is 13.8 Å². The van der Waals surface area contributed by atoms with Gasteiger partial charge in [0.1, 0.15) is 0 Å². The zero-order chi connectivity index (χ0) is 13.3. The second-order valence-electron chi connectivity index (χ2n) is 4.79. The molecule has 1 aromatic carbocycles. The average molecular weight is 265 g/mol. The molecule has 0 unspecified atom stereocenters. The van der Waals surface area contributed by atoms with Crippen molar-refractivity contribution in [2.75, 3.05) is 5.75 Å². The summed E-state index contributed by atoms with van der Waals surface area (Å²) < 4.78 is 0. The van der Waals surface area contributed by atoms with Crippen LogP contribution in [0.2, 0.25) is 0 Å². The van der Waals surface area contributed by atoms with E-state index in [1.165, 1.54) is 4.90 Å². The summed E-state index contributed by atoms with van der Waals surface area (Å²) >= 11 is 0.979. The second kappa shape index (κ2) is 4.74. The Bertz CT molecular complexity index is 451. The van der Waals surface area contributed by atoms with Crippen LogP contribution in [0.15, 0.2) is 30.3 Å². The van der Waals surface area contributed by atoms with Crippen LogP contribution >= 0.6 is 11.8 Å². The van der Waals surface area contributed by atoms with E-state index in [4.69, 9.17) is 0 Å². The monoisotopic (exact) mass is 265 g/mol. The molecule has 0 spiro atoms. The molecule has 1 saturated heterocycles. The summed E-state index contributed by atoms with van der Waals surface area (Å²) in [6.45, 7) is 3.21. The Morgan fingerprint density at radius 3 is 2.33 bits per heavy atom. The van der Waals surface area contributed by atoms with E-state index >= 15 is 0 Å². The van der Waals surface area contributed by atoms with E-state index in [9.17, 15) is 14.7 Å². The maximum absolute atomic E-state index is 11.8. The number of hydrogen-bond donors (Lipinski definition) is 1. The van der Waals surface area contributed by atoms with Gasteiger partial charge in [-0.1, -0.05) is 42.1 Å². The number of carbonyl (C=O) groups excluding carboxylic acids is 2. The van der Waals surface area contributed by atoms with E-state index in [0.29, 0.717) is 0 Å². The maximum Gasteiger partial charge on any atom is 0.289 e. The summed E-state index contributed by atoms with van der Waals surface area (Å²) in [4.78, 5) is 24.8. The Kier molecular flexibility index (Phi) is 3.45. The molecule has 4 nitrogen and oxygen atoms in total. The zero-order valence-corrected chi connectivity index (χ0v) is 11.1. The lowest BCUT2D eigenvalue weighted by Gasteiger charge is -2.35. The molecular weight excluding hydrogens is 250 g/mol. The molecule has 0 bridgehead atoms. The van der Waals surface area contributed by atoms with Gasteiger partial charge in [0.05, 0.1) is 17.4 Å². The molecule has 0 aliphatic carbocycles. The standard InChI is InChI=1S/C13H15NO3S/c1-13(2,17)11(9-6-4-3-5-7-9)14-10(15)8-18-12(14)16/h3-7,11,17H,8H2,1-2H3/t11-/m1/s1. The molecule has 1 atom stereocenters. The van der Waals surface area contributed by atoms with Gasteiger partial charge in [0, 0.05) is 0 Å². The van der Waals surface area contributed by atoms with Crippen LogP contribution in [0.3, 0.4) is 0 Å².